The van der Waals surface area contributed by atoms with Crippen LogP contribution in [0.5, 0.6) is 0 Å². The minimum Gasteiger partial charge on any atom is -0.480 e. The van der Waals surface area contributed by atoms with Crippen molar-refractivity contribution in [2.45, 2.75) is 6.42 Å². The lowest BCUT2D eigenvalue weighted by molar-refractivity contribution is -0.146. The Hall–Kier alpha value is -2.51. The number of carboxylic acids is 1. The number of likely N-dealkylation sites (N-methyl/N-ethyl adjacent to an activating group) is 1. The summed E-state index contributed by atoms with van der Waals surface area (Å²) in [6.45, 7) is -0.324. The number of carboxylic acid groups (broad SMARTS) is 1. The number of anilines is 1. The Morgan fingerprint density at radius 3 is 2.64 bits per heavy atom. The molecule has 0 saturated carbocycles. The molecule has 1 fully saturated rings. The second kappa shape index (κ2) is 6.08. The maximum atomic E-state index is 13.2. The molecule has 0 aromatic heterocycles. The number of aliphatic carboxylic acids is 1. The van der Waals surface area contributed by atoms with Crippen molar-refractivity contribution in [2.75, 3.05) is 25.0 Å². The van der Waals surface area contributed by atoms with E-state index in [2.05, 4.69) is 0 Å². The van der Waals surface area contributed by atoms with Crippen molar-refractivity contribution >= 4 is 23.5 Å². The van der Waals surface area contributed by atoms with Crippen LogP contribution in [0.25, 0.3) is 0 Å². The molecule has 0 aliphatic carbocycles. The van der Waals surface area contributed by atoms with Gasteiger partial charge in [-0.1, -0.05) is 0 Å². The molecule has 22 heavy (non-hydrogen) atoms. The van der Waals surface area contributed by atoms with Gasteiger partial charge in [0.1, 0.15) is 12.5 Å². The Bertz CT molecular complexity index is 635. The summed E-state index contributed by atoms with van der Waals surface area (Å²) in [7, 11) is 1.30. The normalized spacial score (nSPS) is 17.7. The van der Waals surface area contributed by atoms with Gasteiger partial charge < -0.3 is 14.9 Å². The monoisotopic (exact) mass is 312 g/mol. The van der Waals surface area contributed by atoms with Gasteiger partial charge in [0.2, 0.25) is 11.8 Å². The fourth-order valence-electron chi connectivity index (χ4n) is 2.37. The topological polar surface area (TPSA) is 77.9 Å². The van der Waals surface area contributed by atoms with Crippen LogP contribution in [-0.2, 0) is 14.4 Å². The predicted molar refractivity (Wildman–Crippen MR) is 72.1 cm³/mol. The standard InChI is InChI=1S/C14H14F2N2O4/c1-17(7-12(19)20)13(21)9-4-5-18(14(9)22)8-2-3-10(15)11(16)6-8/h2-3,6,9H,4-5,7H2,1H3,(H,19,20). The van der Waals surface area contributed by atoms with Gasteiger partial charge in [-0.2, -0.15) is 0 Å². The molecule has 1 heterocycles. The Labute approximate surface area is 124 Å². The zero-order valence-corrected chi connectivity index (χ0v) is 11.8. The number of hydrogen-bond acceptors (Lipinski definition) is 3. The van der Waals surface area contributed by atoms with Crippen LogP contribution in [0, 0.1) is 17.6 Å². The average Bonchev–Trinajstić information content (AvgIpc) is 2.82. The summed E-state index contributed by atoms with van der Waals surface area (Å²) in [5.74, 6) is -5.44. The van der Waals surface area contributed by atoms with E-state index in [-0.39, 0.29) is 18.7 Å². The molecule has 1 aromatic rings. The number of nitrogens with zero attached hydrogens (tertiary/aromatic N) is 2. The van der Waals surface area contributed by atoms with E-state index in [1.54, 1.807) is 0 Å². The lowest BCUT2D eigenvalue weighted by Gasteiger charge is -2.20. The maximum absolute atomic E-state index is 13.2. The van der Waals surface area contributed by atoms with E-state index in [9.17, 15) is 23.2 Å². The van der Waals surface area contributed by atoms with Gasteiger partial charge in [-0.3, -0.25) is 14.4 Å². The molecular weight excluding hydrogens is 298 g/mol. The predicted octanol–water partition coefficient (Wildman–Crippen LogP) is 0.861. The van der Waals surface area contributed by atoms with Crippen LogP contribution in [0.2, 0.25) is 0 Å². The third-order valence-electron chi connectivity index (χ3n) is 3.47. The van der Waals surface area contributed by atoms with Crippen LogP contribution in [0.15, 0.2) is 18.2 Å². The summed E-state index contributed by atoms with van der Waals surface area (Å²) >= 11 is 0. The average molecular weight is 312 g/mol. The SMILES string of the molecule is CN(CC(=O)O)C(=O)C1CCN(c2ccc(F)c(F)c2)C1=O. The molecule has 1 saturated heterocycles. The number of carbonyl (C=O) groups is 3. The number of hydrogen-bond donors (Lipinski definition) is 1. The Balaban J connectivity index is 2.13. The summed E-state index contributed by atoms with van der Waals surface area (Å²) in [6, 6.07) is 3.05. The molecule has 1 aliphatic rings. The smallest absolute Gasteiger partial charge is 0.323 e. The van der Waals surface area contributed by atoms with Gasteiger partial charge in [0.05, 0.1) is 0 Å². The van der Waals surface area contributed by atoms with E-state index >= 15 is 0 Å². The first-order valence-corrected chi connectivity index (χ1v) is 6.54. The molecule has 1 unspecified atom stereocenters. The van der Waals surface area contributed by atoms with Crippen LogP contribution in [-0.4, -0.2) is 47.9 Å². The molecule has 1 atom stereocenters. The van der Waals surface area contributed by atoms with Gasteiger partial charge in [-0.15, -0.1) is 0 Å². The number of benzene rings is 1. The van der Waals surface area contributed by atoms with Crippen molar-refractivity contribution in [1.82, 2.24) is 4.90 Å². The van der Waals surface area contributed by atoms with Crippen LogP contribution >= 0.6 is 0 Å². The van der Waals surface area contributed by atoms with Crippen molar-refractivity contribution in [2.24, 2.45) is 5.92 Å². The van der Waals surface area contributed by atoms with Gasteiger partial charge in [0, 0.05) is 25.3 Å². The van der Waals surface area contributed by atoms with Crippen molar-refractivity contribution in [3.63, 3.8) is 0 Å². The fraction of sp³-hybridized carbons (Fsp3) is 0.357. The molecule has 1 N–H and O–H groups in total. The van der Waals surface area contributed by atoms with Crippen LogP contribution in [0.4, 0.5) is 14.5 Å². The summed E-state index contributed by atoms with van der Waals surface area (Å²) in [5, 5.41) is 8.66. The summed E-state index contributed by atoms with van der Waals surface area (Å²) in [5.41, 5.74) is 0.167. The highest BCUT2D eigenvalue weighted by molar-refractivity contribution is 6.09. The van der Waals surface area contributed by atoms with E-state index in [0.29, 0.717) is 0 Å². The highest BCUT2D eigenvalue weighted by Gasteiger charge is 2.39. The molecule has 6 nitrogen and oxygen atoms in total. The van der Waals surface area contributed by atoms with Crippen molar-refractivity contribution in [1.29, 1.82) is 0 Å². The minimum atomic E-state index is -1.18. The zero-order valence-electron chi connectivity index (χ0n) is 11.8. The largest absolute Gasteiger partial charge is 0.480 e. The molecule has 1 aromatic carbocycles. The molecule has 0 spiro atoms. The molecule has 118 valence electrons. The van der Waals surface area contributed by atoms with E-state index in [1.807, 2.05) is 0 Å². The van der Waals surface area contributed by atoms with E-state index in [0.717, 1.165) is 17.0 Å². The molecular formula is C14H14F2N2O4. The van der Waals surface area contributed by atoms with Gasteiger partial charge in [-0.25, -0.2) is 8.78 Å². The highest BCUT2D eigenvalue weighted by atomic mass is 19.2. The fourth-order valence-corrected chi connectivity index (χ4v) is 2.37. The Morgan fingerprint density at radius 2 is 2.05 bits per heavy atom. The third-order valence-corrected chi connectivity index (χ3v) is 3.47. The maximum Gasteiger partial charge on any atom is 0.323 e. The van der Waals surface area contributed by atoms with Gasteiger partial charge in [0.25, 0.3) is 0 Å². The van der Waals surface area contributed by atoms with Crippen molar-refractivity contribution in [3.8, 4) is 0 Å². The molecule has 1 aliphatic heterocycles. The van der Waals surface area contributed by atoms with Crippen molar-refractivity contribution < 1.29 is 28.3 Å². The second-order valence-corrected chi connectivity index (χ2v) is 5.02. The van der Waals surface area contributed by atoms with E-state index in [1.165, 1.54) is 18.0 Å². The van der Waals surface area contributed by atoms with E-state index < -0.39 is 41.9 Å². The lowest BCUT2D eigenvalue weighted by atomic mass is 10.1. The molecule has 2 amide bonds. The number of rotatable bonds is 4. The van der Waals surface area contributed by atoms with Gasteiger partial charge in [0.15, 0.2) is 11.6 Å². The van der Waals surface area contributed by atoms with Gasteiger partial charge in [-0.05, 0) is 18.6 Å². The number of carbonyl (C=O) groups excluding carboxylic acids is 2. The van der Waals surface area contributed by atoms with Crippen LogP contribution < -0.4 is 4.90 Å². The lowest BCUT2D eigenvalue weighted by Crippen LogP contribution is -2.40. The first kappa shape index (κ1) is 15.9. The molecule has 2 rings (SSSR count). The van der Waals surface area contributed by atoms with Gasteiger partial charge >= 0.3 is 5.97 Å². The Kier molecular flexibility index (Phi) is 4.39. The van der Waals surface area contributed by atoms with Crippen LogP contribution in [0.3, 0.4) is 0 Å². The second-order valence-electron chi connectivity index (χ2n) is 5.02. The van der Waals surface area contributed by atoms with Crippen molar-refractivity contribution in [3.05, 3.63) is 29.8 Å². The van der Waals surface area contributed by atoms with Crippen LogP contribution in [0.1, 0.15) is 6.42 Å². The summed E-state index contributed by atoms with van der Waals surface area (Å²) < 4.78 is 26.2. The first-order chi connectivity index (χ1) is 10.3. The third kappa shape index (κ3) is 3.05. The Morgan fingerprint density at radius 1 is 1.36 bits per heavy atom. The highest BCUT2D eigenvalue weighted by Crippen LogP contribution is 2.27. The molecule has 0 bridgehead atoms. The minimum absolute atomic E-state index is 0.167. The summed E-state index contributed by atoms with van der Waals surface area (Å²) in [6.07, 6.45) is 0.195. The number of amides is 2. The quantitative estimate of drug-likeness (QED) is 0.837. The first-order valence-electron chi connectivity index (χ1n) is 6.54. The molecule has 0 radical (unpaired) electrons. The zero-order chi connectivity index (χ0) is 16.4. The van der Waals surface area contributed by atoms with E-state index in [4.69, 9.17) is 5.11 Å². The molecule has 8 heteroatoms. The summed E-state index contributed by atoms with van der Waals surface area (Å²) in [4.78, 5) is 37.1. The number of halogens is 2.